The number of methoxy groups -OCH3 is 1. The Hall–Kier alpha value is -2.44. The molecule has 112 valence electrons. The third-order valence-electron chi connectivity index (χ3n) is 3.28. The van der Waals surface area contributed by atoms with E-state index in [-0.39, 0.29) is 12.5 Å². The number of aromatic nitrogens is 4. The molecule has 0 radical (unpaired) electrons. The molecular formula is C14H19N5O2. The van der Waals surface area contributed by atoms with E-state index in [0.717, 1.165) is 12.2 Å². The second kappa shape index (κ2) is 7.37. The van der Waals surface area contributed by atoms with Crippen LogP contribution in [0.5, 0.6) is 5.75 Å². The van der Waals surface area contributed by atoms with Crippen LogP contribution in [-0.4, -0.2) is 39.8 Å². The molecule has 7 nitrogen and oxygen atoms in total. The molecule has 1 aromatic carbocycles. The molecule has 7 heteroatoms. The second-order valence-corrected chi connectivity index (χ2v) is 4.82. The fourth-order valence-electron chi connectivity index (χ4n) is 1.98. The molecule has 0 fully saturated rings. The Balaban J connectivity index is 1.73. The highest BCUT2D eigenvalue weighted by Crippen LogP contribution is 2.21. The lowest BCUT2D eigenvalue weighted by atomic mass is 9.98. The average molecular weight is 289 g/mol. The Kier molecular flexibility index (Phi) is 5.25. The van der Waals surface area contributed by atoms with Crippen LogP contribution in [0.1, 0.15) is 24.8 Å². The zero-order valence-electron chi connectivity index (χ0n) is 12.2. The van der Waals surface area contributed by atoms with Crippen LogP contribution in [0, 0.1) is 0 Å². The van der Waals surface area contributed by atoms with Gasteiger partial charge in [0.1, 0.15) is 18.6 Å². The molecule has 2 aromatic rings. The summed E-state index contributed by atoms with van der Waals surface area (Å²) in [5.41, 5.74) is 1.23. The van der Waals surface area contributed by atoms with Gasteiger partial charge in [0, 0.05) is 6.54 Å². The van der Waals surface area contributed by atoms with E-state index in [0.29, 0.717) is 12.5 Å². The minimum Gasteiger partial charge on any atom is -0.497 e. The van der Waals surface area contributed by atoms with Gasteiger partial charge in [-0.05, 0) is 40.5 Å². The van der Waals surface area contributed by atoms with Crippen LogP contribution in [0.3, 0.4) is 0 Å². The van der Waals surface area contributed by atoms with Crippen LogP contribution >= 0.6 is 0 Å². The van der Waals surface area contributed by atoms with Gasteiger partial charge in [-0.3, -0.25) is 4.79 Å². The van der Waals surface area contributed by atoms with Crippen molar-refractivity contribution in [2.75, 3.05) is 13.7 Å². The zero-order valence-corrected chi connectivity index (χ0v) is 12.2. The lowest BCUT2D eigenvalue weighted by Gasteiger charge is -2.13. The number of rotatable bonds is 7. The number of benzene rings is 1. The van der Waals surface area contributed by atoms with E-state index in [9.17, 15) is 4.79 Å². The first-order valence-electron chi connectivity index (χ1n) is 6.80. The molecule has 1 amide bonds. The molecular weight excluding hydrogens is 270 g/mol. The van der Waals surface area contributed by atoms with E-state index in [4.69, 9.17) is 4.74 Å². The Morgan fingerprint density at radius 3 is 2.76 bits per heavy atom. The molecule has 0 saturated carbocycles. The van der Waals surface area contributed by atoms with Crippen molar-refractivity contribution in [2.45, 2.75) is 25.8 Å². The monoisotopic (exact) mass is 289 g/mol. The fraction of sp³-hybridized carbons (Fsp3) is 0.429. The van der Waals surface area contributed by atoms with Gasteiger partial charge in [-0.2, -0.15) is 0 Å². The molecule has 0 aliphatic rings. The van der Waals surface area contributed by atoms with Crippen LogP contribution in [0.2, 0.25) is 0 Å². The van der Waals surface area contributed by atoms with Crippen LogP contribution in [0.4, 0.5) is 0 Å². The second-order valence-electron chi connectivity index (χ2n) is 4.82. The summed E-state index contributed by atoms with van der Waals surface area (Å²) in [5.74, 6) is 1.12. The first-order chi connectivity index (χ1) is 10.2. The summed E-state index contributed by atoms with van der Waals surface area (Å²) < 4.78 is 6.53. The van der Waals surface area contributed by atoms with Gasteiger partial charge < -0.3 is 10.1 Å². The standard InChI is InChI=1S/C14H19N5O2/c1-11(12-3-5-13(21-2)6-4-12)7-8-15-14(20)9-19-10-16-17-18-19/h3-6,10-11H,7-9H2,1-2H3,(H,15,20). The van der Waals surface area contributed by atoms with E-state index in [1.807, 2.05) is 24.3 Å². The largest absolute Gasteiger partial charge is 0.497 e. The number of hydrogen-bond donors (Lipinski definition) is 1. The van der Waals surface area contributed by atoms with Crippen LogP contribution in [-0.2, 0) is 11.3 Å². The van der Waals surface area contributed by atoms with E-state index in [1.165, 1.54) is 16.6 Å². The molecule has 0 spiro atoms. The van der Waals surface area contributed by atoms with Crippen LogP contribution in [0.25, 0.3) is 0 Å². The number of amides is 1. The minimum atomic E-state index is -0.0933. The molecule has 1 atom stereocenters. The topological polar surface area (TPSA) is 81.9 Å². The Labute approximate surface area is 123 Å². The third-order valence-corrected chi connectivity index (χ3v) is 3.28. The summed E-state index contributed by atoms with van der Waals surface area (Å²) in [6.07, 6.45) is 2.28. The maximum atomic E-state index is 11.7. The average Bonchev–Trinajstić information content (AvgIpc) is 3.00. The summed E-state index contributed by atoms with van der Waals surface area (Å²) in [7, 11) is 1.65. The molecule has 0 bridgehead atoms. The molecule has 1 heterocycles. The Morgan fingerprint density at radius 1 is 1.38 bits per heavy atom. The normalized spacial score (nSPS) is 11.9. The SMILES string of the molecule is COc1ccc(C(C)CCNC(=O)Cn2cnnn2)cc1. The summed E-state index contributed by atoms with van der Waals surface area (Å²) >= 11 is 0. The van der Waals surface area contributed by atoms with Gasteiger partial charge >= 0.3 is 0 Å². The van der Waals surface area contributed by atoms with Crippen molar-refractivity contribution in [3.05, 3.63) is 36.2 Å². The molecule has 2 rings (SSSR count). The molecule has 0 aliphatic carbocycles. The smallest absolute Gasteiger partial charge is 0.241 e. The molecule has 0 aliphatic heterocycles. The van der Waals surface area contributed by atoms with Crippen molar-refractivity contribution in [3.8, 4) is 5.75 Å². The Morgan fingerprint density at radius 2 is 2.14 bits per heavy atom. The summed E-state index contributed by atoms with van der Waals surface area (Å²) in [6, 6.07) is 7.99. The van der Waals surface area contributed by atoms with Crippen molar-refractivity contribution in [1.29, 1.82) is 0 Å². The van der Waals surface area contributed by atoms with Crippen molar-refractivity contribution in [2.24, 2.45) is 0 Å². The van der Waals surface area contributed by atoms with E-state index in [1.54, 1.807) is 7.11 Å². The summed E-state index contributed by atoms with van der Waals surface area (Å²) in [4.78, 5) is 11.7. The van der Waals surface area contributed by atoms with Gasteiger partial charge in [-0.15, -0.1) is 5.10 Å². The van der Waals surface area contributed by atoms with Gasteiger partial charge in [0.2, 0.25) is 5.91 Å². The predicted molar refractivity (Wildman–Crippen MR) is 76.9 cm³/mol. The lowest BCUT2D eigenvalue weighted by Crippen LogP contribution is -2.29. The lowest BCUT2D eigenvalue weighted by molar-refractivity contribution is -0.121. The van der Waals surface area contributed by atoms with Gasteiger partial charge in [-0.25, -0.2) is 4.68 Å². The molecule has 0 saturated heterocycles. The first kappa shape index (κ1) is 15.0. The van der Waals surface area contributed by atoms with Crippen LogP contribution in [0.15, 0.2) is 30.6 Å². The number of nitrogens with one attached hydrogen (secondary N) is 1. The fourth-order valence-corrected chi connectivity index (χ4v) is 1.98. The highest BCUT2D eigenvalue weighted by Gasteiger charge is 2.08. The van der Waals surface area contributed by atoms with Gasteiger partial charge in [0.05, 0.1) is 7.11 Å². The van der Waals surface area contributed by atoms with Crippen molar-refractivity contribution >= 4 is 5.91 Å². The maximum Gasteiger partial charge on any atom is 0.241 e. The number of ether oxygens (including phenoxy) is 1. The van der Waals surface area contributed by atoms with E-state index < -0.39 is 0 Å². The highest BCUT2D eigenvalue weighted by molar-refractivity contribution is 5.75. The van der Waals surface area contributed by atoms with Crippen molar-refractivity contribution < 1.29 is 9.53 Å². The summed E-state index contributed by atoms with van der Waals surface area (Å²) in [5, 5.41) is 13.5. The number of tetrazole rings is 1. The van der Waals surface area contributed by atoms with E-state index >= 15 is 0 Å². The third kappa shape index (κ3) is 4.55. The number of hydrogen-bond acceptors (Lipinski definition) is 5. The van der Waals surface area contributed by atoms with E-state index in [2.05, 4.69) is 27.8 Å². The first-order valence-corrected chi connectivity index (χ1v) is 6.80. The minimum absolute atomic E-state index is 0.0933. The van der Waals surface area contributed by atoms with Gasteiger partial charge in [0.25, 0.3) is 0 Å². The predicted octanol–water partition coefficient (Wildman–Crippen LogP) is 0.992. The Bertz CT molecular complexity index is 553. The quantitative estimate of drug-likeness (QED) is 0.822. The van der Waals surface area contributed by atoms with Crippen molar-refractivity contribution in [3.63, 3.8) is 0 Å². The van der Waals surface area contributed by atoms with Gasteiger partial charge in [-0.1, -0.05) is 19.1 Å². The highest BCUT2D eigenvalue weighted by atomic mass is 16.5. The van der Waals surface area contributed by atoms with Crippen LogP contribution < -0.4 is 10.1 Å². The summed E-state index contributed by atoms with van der Waals surface area (Å²) in [6.45, 7) is 2.90. The maximum absolute atomic E-state index is 11.7. The van der Waals surface area contributed by atoms with Crippen molar-refractivity contribution in [1.82, 2.24) is 25.5 Å². The zero-order chi connectivity index (χ0) is 15.1. The molecule has 21 heavy (non-hydrogen) atoms. The molecule has 1 N–H and O–H groups in total. The number of carbonyl (C=O) groups is 1. The number of nitrogens with zero attached hydrogens (tertiary/aromatic N) is 4. The molecule has 1 unspecified atom stereocenters. The van der Waals surface area contributed by atoms with Gasteiger partial charge in [0.15, 0.2) is 0 Å². The molecule has 1 aromatic heterocycles. The number of carbonyl (C=O) groups excluding carboxylic acids is 1.